The predicted octanol–water partition coefficient (Wildman–Crippen LogP) is 0.678. The number of carbonyl (C=O) groups excluding carboxylic acids is 2. The first-order valence-corrected chi connectivity index (χ1v) is 10.0. The number of aromatic nitrogens is 2. The zero-order valence-corrected chi connectivity index (χ0v) is 19.1. The Balaban J connectivity index is 2.14. The topological polar surface area (TPSA) is 149 Å². The van der Waals surface area contributed by atoms with Crippen molar-refractivity contribution < 1.29 is 33.3 Å². The molecule has 2 rings (SSSR count). The van der Waals surface area contributed by atoms with E-state index in [0.717, 1.165) is 13.8 Å². The zero-order chi connectivity index (χ0) is 24.6. The van der Waals surface area contributed by atoms with Crippen molar-refractivity contribution >= 4 is 12.1 Å². The number of ether oxygens (including phenoxy) is 3. The standard InChI is InChI=1S/C20H30FN3O8/c1-10-8-22-16(27)24(13(10)25)15-19(6,21)20(7,29)12(31-15)9-30-14(26)11(2)23-17(28)32-18(3,4)5/h8,11-12,15,29H,9H2,1-7H3,(H,22,27)(H,23,28)/t11?,12-,15?,19-,20?/m0/s1. The molecule has 5 atom stereocenters. The van der Waals surface area contributed by atoms with Crippen LogP contribution >= 0.6 is 0 Å². The third-order valence-corrected chi connectivity index (χ3v) is 5.26. The van der Waals surface area contributed by atoms with Crippen molar-refractivity contribution in [1.82, 2.24) is 14.9 Å². The maximum absolute atomic E-state index is 15.6. The number of alkyl carbamates (subject to hydrolysis) is 1. The molecule has 0 bridgehead atoms. The van der Waals surface area contributed by atoms with Gasteiger partial charge in [-0.2, -0.15) is 0 Å². The average Bonchev–Trinajstić information content (AvgIpc) is 2.80. The summed E-state index contributed by atoms with van der Waals surface area (Å²) in [5.41, 5.74) is -7.15. The van der Waals surface area contributed by atoms with Crippen LogP contribution in [0.5, 0.6) is 0 Å². The summed E-state index contributed by atoms with van der Waals surface area (Å²) < 4.78 is 31.8. The van der Waals surface area contributed by atoms with E-state index in [1.54, 1.807) is 20.8 Å². The van der Waals surface area contributed by atoms with E-state index < -0.39 is 65.2 Å². The smallest absolute Gasteiger partial charge is 0.408 e. The molecule has 1 aromatic heterocycles. The molecule has 2 heterocycles. The molecule has 11 nitrogen and oxygen atoms in total. The Bertz CT molecular complexity index is 992. The average molecular weight is 459 g/mol. The van der Waals surface area contributed by atoms with Crippen LogP contribution in [0.15, 0.2) is 15.8 Å². The molecule has 1 aromatic rings. The fourth-order valence-electron chi connectivity index (χ4n) is 3.11. The minimum Gasteiger partial charge on any atom is -0.461 e. The van der Waals surface area contributed by atoms with E-state index in [-0.39, 0.29) is 5.56 Å². The molecule has 0 spiro atoms. The van der Waals surface area contributed by atoms with Crippen LogP contribution in [0.4, 0.5) is 9.18 Å². The maximum Gasteiger partial charge on any atom is 0.408 e. The molecule has 180 valence electrons. The second-order valence-corrected chi connectivity index (χ2v) is 9.15. The predicted molar refractivity (Wildman–Crippen MR) is 110 cm³/mol. The van der Waals surface area contributed by atoms with Gasteiger partial charge >= 0.3 is 17.8 Å². The van der Waals surface area contributed by atoms with Gasteiger partial charge in [0.25, 0.3) is 5.56 Å². The molecule has 32 heavy (non-hydrogen) atoms. The van der Waals surface area contributed by atoms with Crippen molar-refractivity contribution in [1.29, 1.82) is 0 Å². The van der Waals surface area contributed by atoms with Gasteiger partial charge in [0.2, 0.25) is 0 Å². The lowest BCUT2D eigenvalue weighted by molar-refractivity contribution is -0.155. The molecule has 1 fully saturated rings. The number of hydrogen-bond donors (Lipinski definition) is 3. The highest BCUT2D eigenvalue weighted by atomic mass is 19.1. The number of nitrogens with zero attached hydrogens (tertiary/aromatic N) is 1. The molecule has 0 saturated carbocycles. The first-order valence-electron chi connectivity index (χ1n) is 10.0. The van der Waals surface area contributed by atoms with Crippen LogP contribution in [-0.4, -0.2) is 62.3 Å². The summed E-state index contributed by atoms with van der Waals surface area (Å²) in [6, 6.07) is -1.11. The molecule has 0 radical (unpaired) electrons. The number of hydrogen-bond acceptors (Lipinski definition) is 8. The summed E-state index contributed by atoms with van der Waals surface area (Å²) in [7, 11) is 0. The van der Waals surface area contributed by atoms with E-state index in [2.05, 4.69) is 10.3 Å². The van der Waals surface area contributed by atoms with Gasteiger partial charge in [0, 0.05) is 11.8 Å². The van der Waals surface area contributed by atoms with Gasteiger partial charge < -0.3 is 29.6 Å². The van der Waals surface area contributed by atoms with Crippen molar-refractivity contribution in [3.8, 4) is 0 Å². The molecule has 1 saturated heterocycles. The molecule has 3 N–H and O–H groups in total. The Labute approximate surface area is 183 Å². The number of aliphatic hydroxyl groups is 1. The molecule has 1 aliphatic heterocycles. The Morgan fingerprint density at radius 3 is 2.53 bits per heavy atom. The van der Waals surface area contributed by atoms with Gasteiger partial charge in [0.1, 0.15) is 30.0 Å². The monoisotopic (exact) mass is 459 g/mol. The van der Waals surface area contributed by atoms with Gasteiger partial charge in [0.05, 0.1) is 0 Å². The number of aryl methyl sites for hydroxylation is 1. The van der Waals surface area contributed by atoms with Crippen molar-refractivity contribution in [2.75, 3.05) is 6.61 Å². The van der Waals surface area contributed by atoms with Crippen LogP contribution in [0.25, 0.3) is 0 Å². The summed E-state index contributed by atoms with van der Waals surface area (Å²) >= 11 is 0. The van der Waals surface area contributed by atoms with Crippen molar-refractivity contribution in [2.45, 2.75) is 83.7 Å². The lowest BCUT2D eigenvalue weighted by Crippen LogP contribution is -2.54. The molecule has 1 aliphatic rings. The van der Waals surface area contributed by atoms with E-state index in [4.69, 9.17) is 14.2 Å². The van der Waals surface area contributed by atoms with E-state index in [9.17, 15) is 24.3 Å². The van der Waals surface area contributed by atoms with E-state index >= 15 is 4.39 Å². The highest BCUT2D eigenvalue weighted by Gasteiger charge is 2.64. The Morgan fingerprint density at radius 1 is 1.38 bits per heavy atom. The number of esters is 1. The Morgan fingerprint density at radius 2 is 1.97 bits per heavy atom. The van der Waals surface area contributed by atoms with Crippen LogP contribution in [0.1, 0.15) is 53.3 Å². The number of nitrogens with one attached hydrogen (secondary N) is 2. The molecule has 0 aromatic carbocycles. The second-order valence-electron chi connectivity index (χ2n) is 9.15. The lowest BCUT2D eigenvalue weighted by atomic mass is 9.84. The van der Waals surface area contributed by atoms with Crippen molar-refractivity contribution in [2.24, 2.45) is 0 Å². The number of carbonyl (C=O) groups is 2. The fourth-order valence-corrected chi connectivity index (χ4v) is 3.11. The third-order valence-electron chi connectivity index (χ3n) is 5.26. The summed E-state index contributed by atoms with van der Waals surface area (Å²) in [5, 5.41) is 13.1. The maximum atomic E-state index is 15.6. The van der Waals surface area contributed by atoms with Gasteiger partial charge in [-0.1, -0.05) is 0 Å². The van der Waals surface area contributed by atoms with Gasteiger partial charge in [-0.25, -0.2) is 23.3 Å². The SMILES string of the molecule is Cc1c[nH]c(=O)n(C2O[C@@H](COC(=O)C(C)NC(=O)OC(C)(C)C)C(C)(O)[C@@]2(C)F)c1=O. The van der Waals surface area contributed by atoms with E-state index in [0.29, 0.717) is 4.57 Å². The minimum atomic E-state index is -2.59. The van der Waals surface area contributed by atoms with Crippen LogP contribution in [0.2, 0.25) is 0 Å². The largest absolute Gasteiger partial charge is 0.461 e. The zero-order valence-electron chi connectivity index (χ0n) is 19.1. The van der Waals surface area contributed by atoms with Gasteiger partial charge in [-0.3, -0.25) is 4.79 Å². The third kappa shape index (κ3) is 5.01. The number of amides is 1. The molecular weight excluding hydrogens is 429 g/mol. The lowest BCUT2D eigenvalue weighted by Gasteiger charge is -2.32. The summed E-state index contributed by atoms with van der Waals surface area (Å²) in [6.07, 6.45) is -2.83. The number of aromatic amines is 1. The molecule has 1 amide bonds. The van der Waals surface area contributed by atoms with Crippen molar-refractivity contribution in [3.63, 3.8) is 0 Å². The van der Waals surface area contributed by atoms with Gasteiger partial charge in [-0.05, 0) is 48.5 Å². The molecule has 0 aliphatic carbocycles. The number of rotatable bonds is 5. The Kier molecular flexibility index (Phi) is 6.91. The first-order chi connectivity index (χ1) is 14.5. The minimum absolute atomic E-state index is 0.139. The molecular formula is C20H30FN3O8. The summed E-state index contributed by atoms with van der Waals surface area (Å²) in [6.45, 7) is 9.26. The van der Waals surface area contributed by atoms with E-state index in [1.807, 2.05) is 0 Å². The van der Waals surface area contributed by atoms with Crippen molar-refractivity contribution in [3.05, 3.63) is 32.6 Å². The quantitative estimate of drug-likeness (QED) is 0.544. The normalized spacial score (nSPS) is 28.8. The fraction of sp³-hybridized carbons (Fsp3) is 0.700. The number of alkyl halides is 1. The first kappa shape index (κ1) is 25.5. The van der Waals surface area contributed by atoms with Crippen LogP contribution in [0, 0.1) is 6.92 Å². The number of halogens is 1. The second kappa shape index (κ2) is 8.66. The van der Waals surface area contributed by atoms with E-state index in [1.165, 1.54) is 20.0 Å². The van der Waals surface area contributed by atoms with Crippen LogP contribution in [0.3, 0.4) is 0 Å². The number of H-pyrrole nitrogens is 1. The van der Waals surface area contributed by atoms with Crippen LogP contribution in [-0.2, 0) is 19.0 Å². The molecule has 12 heteroatoms. The van der Waals surface area contributed by atoms with Crippen LogP contribution < -0.4 is 16.6 Å². The highest BCUT2D eigenvalue weighted by Crippen LogP contribution is 2.47. The Hall–Kier alpha value is -2.73. The molecule has 3 unspecified atom stereocenters. The summed E-state index contributed by atoms with van der Waals surface area (Å²) in [4.78, 5) is 50.9. The summed E-state index contributed by atoms with van der Waals surface area (Å²) in [5.74, 6) is -0.884. The van der Waals surface area contributed by atoms with Gasteiger partial charge in [-0.15, -0.1) is 0 Å². The highest BCUT2D eigenvalue weighted by molar-refractivity contribution is 5.81. The van der Waals surface area contributed by atoms with Gasteiger partial charge in [0.15, 0.2) is 11.9 Å².